The molecule has 0 N–H and O–H groups in total. The molecule has 0 spiro atoms. The molecule has 0 fully saturated rings. The maximum atomic E-state index is 4.94. The second-order valence-corrected chi connectivity index (χ2v) is 10.6. The van der Waals surface area contributed by atoms with E-state index < -0.39 is 0 Å². The van der Waals surface area contributed by atoms with Crippen LogP contribution in [-0.2, 0) is 26.7 Å². The Morgan fingerprint density at radius 1 is 0.725 bits per heavy atom. The first kappa shape index (κ1) is 24.8. The number of rotatable bonds is 3. The fourth-order valence-corrected chi connectivity index (χ4v) is 6.49. The summed E-state index contributed by atoms with van der Waals surface area (Å²) in [7, 11) is 0. The summed E-state index contributed by atoms with van der Waals surface area (Å²) in [6.07, 6.45) is 3.86. The van der Waals surface area contributed by atoms with Gasteiger partial charge in [-0.05, 0) is 61.0 Å². The summed E-state index contributed by atoms with van der Waals surface area (Å²) in [6, 6.07) is 31.8. The Balaban J connectivity index is 0.00000264. The third-order valence-electron chi connectivity index (χ3n) is 8.00. The molecule has 0 bridgehead atoms. The number of hydrogen-bond donors (Lipinski definition) is 0. The zero-order valence-electron chi connectivity index (χ0n) is 22.4. The molecule has 0 amide bonds. The van der Waals surface area contributed by atoms with Crippen molar-refractivity contribution in [3.05, 3.63) is 120 Å². The molecule has 197 valence electrons. The first-order valence-electron chi connectivity index (χ1n) is 13.3. The maximum Gasteiger partial charge on any atom is 0.0897 e. The number of pyridine rings is 1. The van der Waals surface area contributed by atoms with E-state index in [0.29, 0.717) is 0 Å². The molecule has 4 aromatic heterocycles. The molecule has 6 heteroatoms. The monoisotopic (exact) mass is 697 g/mol. The molecule has 4 heterocycles. The minimum atomic E-state index is 0. The van der Waals surface area contributed by atoms with E-state index in [-0.39, 0.29) is 20.1 Å². The van der Waals surface area contributed by atoms with Gasteiger partial charge in [-0.25, -0.2) is 4.68 Å². The number of aromatic nitrogens is 5. The van der Waals surface area contributed by atoms with Crippen molar-refractivity contribution >= 4 is 49.1 Å². The quantitative estimate of drug-likeness (QED) is 0.178. The van der Waals surface area contributed by atoms with E-state index in [1.807, 2.05) is 16.9 Å². The Morgan fingerprint density at radius 2 is 1.40 bits per heavy atom. The average Bonchev–Trinajstić information content (AvgIpc) is 3.66. The average molecular weight is 697 g/mol. The topological polar surface area (TPSA) is 40.0 Å². The summed E-state index contributed by atoms with van der Waals surface area (Å²) < 4.78 is 6.50. The fourth-order valence-electron chi connectivity index (χ4n) is 6.49. The van der Waals surface area contributed by atoms with Gasteiger partial charge in [-0.2, -0.15) is 28.4 Å². The van der Waals surface area contributed by atoms with Gasteiger partial charge in [0.2, 0.25) is 0 Å². The molecular weight excluding hydrogens is 671 g/mol. The fraction of sp³-hybridized carbons (Fsp3) is 0.118. The van der Waals surface area contributed by atoms with E-state index in [4.69, 9.17) is 10.2 Å². The number of fused-ring (bicyclic) bond motifs is 9. The first-order chi connectivity index (χ1) is 19.1. The summed E-state index contributed by atoms with van der Waals surface area (Å²) in [5.74, 6) is 0. The second-order valence-electron chi connectivity index (χ2n) is 10.6. The van der Waals surface area contributed by atoms with Crippen LogP contribution >= 0.6 is 0 Å². The molecular formula is C34H26IrN5-. The smallest absolute Gasteiger partial charge is 0.0897 e. The van der Waals surface area contributed by atoms with Gasteiger partial charge in [-0.3, -0.25) is 4.52 Å². The third-order valence-corrected chi connectivity index (χ3v) is 8.00. The normalized spacial score (nSPS) is 11.8. The number of benzene rings is 4. The van der Waals surface area contributed by atoms with Crippen LogP contribution in [0.25, 0.3) is 54.8 Å². The van der Waals surface area contributed by atoms with Crippen LogP contribution in [0.1, 0.15) is 22.3 Å². The predicted octanol–water partition coefficient (Wildman–Crippen LogP) is 7.71. The molecule has 4 aromatic carbocycles. The van der Waals surface area contributed by atoms with Crippen LogP contribution in [0.3, 0.4) is 0 Å². The Kier molecular flexibility index (Phi) is 5.67. The van der Waals surface area contributed by atoms with Crippen LogP contribution in [0.2, 0.25) is 0 Å². The molecule has 0 atom stereocenters. The first-order valence-corrected chi connectivity index (χ1v) is 13.3. The summed E-state index contributed by atoms with van der Waals surface area (Å²) >= 11 is 0. The van der Waals surface area contributed by atoms with Gasteiger partial charge in [0, 0.05) is 60.8 Å². The van der Waals surface area contributed by atoms with Gasteiger partial charge >= 0.3 is 0 Å². The van der Waals surface area contributed by atoms with Crippen molar-refractivity contribution in [3.8, 4) is 5.69 Å². The number of para-hydroxylation sites is 2. The molecule has 0 aliphatic carbocycles. The van der Waals surface area contributed by atoms with E-state index in [9.17, 15) is 0 Å². The summed E-state index contributed by atoms with van der Waals surface area (Å²) in [6.45, 7) is 7.22. The van der Waals surface area contributed by atoms with Crippen LogP contribution in [-0.4, -0.2) is 24.0 Å². The van der Waals surface area contributed by atoms with Crippen LogP contribution in [0, 0.1) is 26.8 Å². The van der Waals surface area contributed by atoms with Crippen LogP contribution in [0.15, 0.2) is 91.3 Å². The van der Waals surface area contributed by atoms with E-state index in [1.54, 1.807) is 0 Å². The Morgan fingerprint density at radius 3 is 2.10 bits per heavy atom. The van der Waals surface area contributed by atoms with Crippen LogP contribution in [0.4, 0.5) is 0 Å². The standard InChI is InChI=1S/C34H26N5.Ir/c1-21-16-22(2)33(23(3)17-21)39-34-28(19-36-39)27-18-24(12-13-31(27)38-32(34)14-15-35-38)20-37-29-10-6-4-8-25(29)26-9-5-7-11-30(26)37;/h4-12,14-19H,20H2,1-3H3;/q-1;. The third kappa shape index (κ3) is 3.50. The summed E-state index contributed by atoms with van der Waals surface area (Å²) in [5, 5.41) is 14.4. The minimum absolute atomic E-state index is 0. The van der Waals surface area contributed by atoms with E-state index in [0.717, 1.165) is 39.6 Å². The van der Waals surface area contributed by atoms with Crippen molar-refractivity contribution in [2.45, 2.75) is 27.3 Å². The minimum Gasteiger partial charge on any atom is -0.348 e. The van der Waals surface area contributed by atoms with Gasteiger partial charge < -0.3 is 4.57 Å². The largest absolute Gasteiger partial charge is 0.348 e. The van der Waals surface area contributed by atoms with Gasteiger partial charge in [0.15, 0.2) is 0 Å². The molecule has 0 saturated heterocycles. The number of hydrogen-bond acceptors (Lipinski definition) is 2. The van der Waals surface area contributed by atoms with Gasteiger partial charge in [-0.1, -0.05) is 59.5 Å². The Hall–Kier alpha value is -4.25. The molecule has 0 unspecified atom stereocenters. The van der Waals surface area contributed by atoms with Crippen LogP contribution in [0.5, 0.6) is 0 Å². The molecule has 8 rings (SSSR count). The van der Waals surface area contributed by atoms with E-state index >= 15 is 0 Å². The molecule has 5 nitrogen and oxygen atoms in total. The molecule has 0 saturated carbocycles. The van der Waals surface area contributed by atoms with Gasteiger partial charge in [0.25, 0.3) is 0 Å². The maximum absolute atomic E-state index is 4.94. The molecule has 1 radical (unpaired) electrons. The molecule has 40 heavy (non-hydrogen) atoms. The van der Waals surface area contributed by atoms with Crippen molar-refractivity contribution in [1.29, 1.82) is 0 Å². The zero-order chi connectivity index (χ0) is 26.2. The summed E-state index contributed by atoms with van der Waals surface area (Å²) in [4.78, 5) is 0. The summed E-state index contributed by atoms with van der Waals surface area (Å²) in [5.41, 5.74) is 11.5. The predicted molar refractivity (Wildman–Crippen MR) is 159 cm³/mol. The Bertz CT molecular complexity index is 2170. The van der Waals surface area contributed by atoms with Crippen molar-refractivity contribution in [2.75, 3.05) is 0 Å². The number of aryl methyl sites for hydroxylation is 3. The van der Waals surface area contributed by atoms with Crippen molar-refractivity contribution in [2.24, 2.45) is 0 Å². The zero-order valence-corrected chi connectivity index (χ0v) is 24.8. The van der Waals surface area contributed by atoms with Gasteiger partial charge in [0.1, 0.15) is 0 Å². The van der Waals surface area contributed by atoms with Gasteiger partial charge in [-0.15, -0.1) is 5.56 Å². The van der Waals surface area contributed by atoms with Gasteiger partial charge in [0.05, 0.1) is 16.7 Å². The van der Waals surface area contributed by atoms with Crippen molar-refractivity contribution in [3.63, 3.8) is 0 Å². The number of nitrogens with zero attached hydrogens (tertiary/aromatic N) is 5. The SMILES string of the molecule is Cc1cc(C)c(-n2ncc3c4cc(Cn5c6ccccc6c6ccccc65)c[c-]c4n4nccc4c32)c(C)c1.[Ir]. The second kappa shape index (κ2) is 9.16. The van der Waals surface area contributed by atoms with Crippen LogP contribution < -0.4 is 0 Å². The van der Waals surface area contributed by atoms with E-state index in [2.05, 4.69) is 115 Å². The Labute approximate surface area is 245 Å². The van der Waals surface area contributed by atoms with Crippen molar-refractivity contribution in [1.82, 2.24) is 24.0 Å². The molecule has 0 aliphatic heterocycles. The van der Waals surface area contributed by atoms with E-state index in [1.165, 1.54) is 44.1 Å². The molecule has 0 aliphatic rings. The molecule has 8 aromatic rings. The van der Waals surface area contributed by atoms with Crippen molar-refractivity contribution < 1.29 is 20.1 Å².